The summed E-state index contributed by atoms with van der Waals surface area (Å²) in [5, 5.41) is 7.28. The first-order valence-electron chi connectivity index (χ1n) is 7.90. The van der Waals surface area contributed by atoms with Crippen molar-refractivity contribution in [1.82, 2.24) is 10.6 Å². The van der Waals surface area contributed by atoms with E-state index >= 15 is 0 Å². The van der Waals surface area contributed by atoms with Crippen molar-refractivity contribution >= 4 is 0 Å². The van der Waals surface area contributed by atoms with Crippen LogP contribution in [0.2, 0.25) is 0 Å². The highest BCUT2D eigenvalue weighted by Gasteiger charge is 2.34. The fraction of sp³-hybridized carbons (Fsp3) is 1.00. The van der Waals surface area contributed by atoms with Crippen molar-refractivity contribution in [3.8, 4) is 0 Å². The van der Waals surface area contributed by atoms with Gasteiger partial charge in [0.1, 0.15) is 0 Å². The van der Waals surface area contributed by atoms with Gasteiger partial charge in [0.15, 0.2) is 0 Å². The highest BCUT2D eigenvalue weighted by atomic mass is 15.0. The molecular formula is C16H34N2. The summed E-state index contributed by atoms with van der Waals surface area (Å²) in [7, 11) is 0. The van der Waals surface area contributed by atoms with Gasteiger partial charge in [-0.1, -0.05) is 40.5 Å². The van der Waals surface area contributed by atoms with E-state index in [1.54, 1.807) is 0 Å². The van der Waals surface area contributed by atoms with E-state index in [0.29, 0.717) is 17.5 Å². The highest BCUT2D eigenvalue weighted by molar-refractivity contribution is 4.88. The van der Waals surface area contributed by atoms with Crippen LogP contribution in [0.1, 0.15) is 66.7 Å². The maximum absolute atomic E-state index is 3.76. The molecule has 0 aromatic rings. The number of rotatable bonds is 8. The molecule has 0 radical (unpaired) electrons. The summed E-state index contributed by atoms with van der Waals surface area (Å²) in [6.45, 7) is 13.7. The molecule has 0 saturated heterocycles. The molecule has 1 atom stereocenters. The van der Waals surface area contributed by atoms with Crippen molar-refractivity contribution in [3.05, 3.63) is 0 Å². The first kappa shape index (κ1) is 16.0. The lowest BCUT2D eigenvalue weighted by Crippen LogP contribution is -2.43. The predicted octanol–water partition coefficient (Wildman–Crippen LogP) is 3.57. The number of nitrogens with one attached hydrogen (secondary N) is 2. The quantitative estimate of drug-likeness (QED) is 0.692. The zero-order chi connectivity index (χ0) is 13.6. The minimum Gasteiger partial charge on any atom is -0.313 e. The summed E-state index contributed by atoms with van der Waals surface area (Å²) < 4.78 is 0. The summed E-state index contributed by atoms with van der Waals surface area (Å²) in [4.78, 5) is 0. The van der Waals surface area contributed by atoms with Gasteiger partial charge in [-0.2, -0.15) is 0 Å². The molecule has 18 heavy (non-hydrogen) atoms. The van der Waals surface area contributed by atoms with Crippen LogP contribution in [-0.2, 0) is 0 Å². The van der Waals surface area contributed by atoms with E-state index in [0.717, 1.165) is 12.5 Å². The molecule has 0 aromatic heterocycles. The molecule has 2 nitrogen and oxygen atoms in total. The van der Waals surface area contributed by atoms with Crippen LogP contribution in [0.15, 0.2) is 0 Å². The lowest BCUT2D eigenvalue weighted by Gasteiger charge is -2.33. The number of hydrogen-bond donors (Lipinski definition) is 2. The molecule has 1 aliphatic carbocycles. The molecule has 0 aliphatic heterocycles. The third-order valence-electron chi connectivity index (χ3n) is 4.16. The van der Waals surface area contributed by atoms with Gasteiger partial charge in [-0.25, -0.2) is 0 Å². The van der Waals surface area contributed by atoms with E-state index in [1.165, 1.54) is 38.6 Å². The maximum Gasteiger partial charge on any atom is 0.0164 e. The van der Waals surface area contributed by atoms with E-state index in [-0.39, 0.29) is 0 Å². The molecule has 1 aliphatic rings. The standard InChI is InChI=1S/C16H34N2/c1-13(2)10-16(8-6-7-9-16)12-18-15(5)11-17-14(3)4/h13-15,17-18H,6-12H2,1-5H3. The van der Waals surface area contributed by atoms with E-state index in [1.807, 2.05) is 0 Å². The molecule has 1 fully saturated rings. The third-order valence-corrected chi connectivity index (χ3v) is 4.16. The monoisotopic (exact) mass is 254 g/mol. The minimum absolute atomic E-state index is 0.581. The summed E-state index contributed by atoms with van der Waals surface area (Å²) in [5.41, 5.74) is 0.597. The van der Waals surface area contributed by atoms with Crippen LogP contribution >= 0.6 is 0 Å². The molecule has 1 saturated carbocycles. The molecule has 0 bridgehead atoms. The molecule has 2 heteroatoms. The largest absolute Gasteiger partial charge is 0.313 e. The van der Waals surface area contributed by atoms with E-state index in [9.17, 15) is 0 Å². The Balaban J connectivity index is 2.33. The normalized spacial score (nSPS) is 20.8. The molecule has 1 unspecified atom stereocenters. The molecule has 1 rings (SSSR count). The summed E-state index contributed by atoms with van der Waals surface area (Å²) in [6.07, 6.45) is 7.13. The Morgan fingerprint density at radius 1 is 0.944 bits per heavy atom. The predicted molar refractivity (Wildman–Crippen MR) is 81.0 cm³/mol. The van der Waals surface area contributed by atoms with E-state index in [4.69, 9.17) is 0 Å². The van der Waals surface area contributed by atoms with Crippen molar-refractivity contribution in [2.75, 3.05) is 13.1 Å². The van der Waals surface area contributed by atoms with E-state index in [2.05, 4.69) is 45.3 Å². The Hall–Kier alpha value is -0.0800. The van der Waals surface area contributed by atoms with Gasteiger partial charge in [0, 0.05) is 25.2 Å². The topological polar surface area (TPSA) is 24.1 Å². The smallest absolute Gasteiger partial charge is 0.0164 e. The molecule has 0 spiro atoms. The van der Waals surface area contributed by atoms with Crippen molar-refractivity contribution in [2.24, 2.45) is 11.3 Å². The fourth-order valence-electron chi connectivity index (χ4n) is 3.32. The first-order valence-corrected chi connectivity index (χ1v) is 7.90. The lowest BCUT2D eigenvalue weighted by molar-refractivity contribution is 0.215. The van der Waals surface area contributed by atoms with Gasteiger partial charge in [-0.05, 0) is 37.5 Å². The average Bonchev–Trinajstić information content (AvgIpc) is 2.71. The second-order valence-corrected chi connectivity index (χ2v) is 7.15. The van der Waals surface area contributed by atoms with Gasteiger partial charge in [-0.15, -0.1) is 0 Å². The van der Waals surface area contributed by atoms with Gasteiger partial charge >= 0.3 is 0 Å². The fourth-order valence-corrected chi connectivity index (χ4v) is 3.32. The average molecular weight is 254 g/mol. The van der Waals surface area contributed by atoms with Crippen LogP contribution in [0, 0.1) is 11.3 Å². The van der Waals surface area contributed by atoms with Crippen molar-refractivity contribution in [3.63, 3.8) is 0 Å². The van der Waals surface area contributed by atoms with Gasteiger partial charge in [0.05, 0.1) is 0 Å². The molecule has 0 aromatic carbocycles. The summed E-state index contributed by atoms with van der Waals surface area (Å²) in [6, 6.07) is 1.17. The Kier molecular flexibility index (Phi) is 6.65. The van der Waals surface area contributed by atoms with Crippen LogP contribution in [0.4, 0.5) is 0 Å². The van der Waals surface area contributed by atoms with Gasteiger partial charge in [0.2, 0.25) is 0 Å². The van der Waals surface area contributed by atoms with Crippen LogP contribution in [0.5, 0.6) is 0 Å². The molecule has 2 N–H and O–H groups in total. The molecule has 0 heterocycles. The van der Waals surface area contributed by atoms with Crippen molar-refractivity contribution < 1.29 is 0 Å². The van der Waals surface area contributed by atoms with Crippen molar-refractivity contribution in [2.45, 2.75) is 78.8 Å². The Morgan fingerprint density at radius 2 is 1.56 bits per heavy atom. The zero-order valence-electron chi connectivity index (χ0n) is 13.2. The maximum atomic E-state index is 3.76. The molecule has 0 amide bonds. The number of hydrogen-bond acceptors (Lipinski definition) is 2. The Morgan fingerprint density at radius 3 is 2.06 bits per heavy atom. The summed E-state index contributed by atoms with van der Waals surface area (Å²) >= 11 is 0. The van der Waals surface area contributed by atoms with Crippen molar-refractivity contribution in [1.29, 1.82) is 0 Å². The third kappa shape index (κ3) is 5.71. The Bertz CT molecular complexity index is 217. The van der Waals surface area contributed by atoms with Crippen LogP contribution in [0.3, 0.4) is 0 Å². The zero-order valence-corrected chi connectivity index (χ0v) is 13.2. The van der Waals surface area contributed by atoms with Crippen LogP contribution in [0.25, 0.3) is 0 Å². The van der Waals surface area contributed by atoms with E-state index < -0.39 is 0 Å². The Labute approximate surface area is 114 Å². The van der Waals surface area contributed by atoms with Crippen LogP contribution < -0.4 is 10.6 Å². The second-order valence-electron chi connectivity index (χ2n) is 7.15. The first-order chi connectivity index (χ1) is 8.43. The van der Waals surface area contributed by atoms with Gasteiger partial charge in [-0.3, -0.25) is 0 Å². The minimum atomic E-state index is 0.581. The second kappa shape index (κ2) is 7.49. The SMILES string of the molecule is CC(C)CC1(CNC(C)CNC(C)C)CCCC1. The molecular weight excluding hydrogens is 220 g/mol. The van der Waals surface area contributed by atoms with Crippen LogP contribution in [-0.4, -0.2) is 25.2 Å². The van der Waals surface area contributed by atoms with Gasteiger partial charge < -0.3 is 10.6 Å². The summed E-state index contributed by atoms with van der Waals surface area (Å²) in [5.74, 6) is 0.828. The molecule has 108 valence electrons. The lowest BCUT2D eigenvalue weighted by atomic mass is 9.78. The highest BCUT2D eigenvalue weighted by Crippen LogP contribution is 2.42. The van der Waals surface area contributed by atoms with Gasteiger partial charge in [0.25, 0.3) is 0 Å².